The Morgan fingerprint density at radius 3 is 2.83 bits per heavy atom. The minimum absolute atomic E-state index is 0.0502. The van der Waals surface area contributed by atoms with Crippen molar-refractivity contribution >= 4 is 5.91 Å². The molecule has 1 aliphatic heterocycles. The first-order valence-corrected chi connectivity index (χ1v) is 4.57. The van der Waals surface area contributed by atoms with Crippen LogP contribution in [-0.4, -0.2) is 5.91 Å². The zero-order valence-electron chi connectivity index (χ0n) is 7.52. The van der Waals surface area contributed by atoms with Gasteiger partial charge in [0, 0.05) is 12.1 Å². The molecule has 0 atom stereocenters. The molecule has 3 heteroatoms. The second-order valence-corrected chi connectivity index (χ2v) is 3.06. The number of rotatable bonds is 4. The van der Waals surface area contributed by atoms with Crippen molar-refractivity contribution in [3.63, 3.8) is 0 Å². The lowest BCUT2D eigenvalue weighted by Gasteiger charge is -2.16. The zero-order valence-corrected chi connectivity index (χ0v) is 7.52. The minimum Gasteiger partial charge on any atom is -0.303 e. The number of carbonyl (C=O) groups excluding carboxylic acids is 1. The molecular formula is C9H16N2O. The minimum atomic E-state index is 0.0502. The summed E-state index contributed by atoms with van der Waals surface area (Å²) in [5.74, 6) is 0.0502. The average molecular weight is 168 g/mol. The first kappa shape index (κ1) is 9.10. The van der Waals surface area contributed by atoms with Gasteiger partial charge in [-0.2, -0.15) is 0 Å². The van der Waals surface area contributed by atoms with Gasteiger partial charge in [-0.05, 0) is 12.8 Å². The molecule has 0 aromatic carbocycles. The summed E-state index contributed by atoms with van der Waals surface area (Å²) in [6, 6.07) is 0. The fraction of sp³-hybridized carbons (Fsp3) is 0.667. The Morgan fingerprint density at radius 1 is 1.42 bits per heavy atom. The lowest BCUT2D eigenvalue weighted by molar-refractivity contribution is -0.121. The third-order valence-electron chi connectivity index (χ3n) is 1.95. The van der Waals surface area contributed by atoms with Gasteiger partial charge >= 0.3 is 0 Å². The van der Waals surface area contributed by atoms with Gasteiger partial charge in [0.1, 0.15) is 0 Å². The maximum absolute atomic E-state index is 10.7. The number of hydrazine groups is 1. The standard InChI is InChI=1S/C9H16N2O/c1-2-3-4-5-8-6-7-9(12)11-10-8/h6,10H,2-5,7H2,1H3,(H,11,12). The molecule has 0 saturated heterocycles. The van der Waals surface area contributed by atoms with E-state index in [9.17, 15) is 4.79 Å². The van der Waals surface area contributed by atoms with Gasteiger partial charge in [-0.15, -0.1) is 0 Å². The Kier molecular flexibility index (Phi) is 3.64. The van der Waals surface area contributed by atoms with Gasteiger partial charge in [0.2, 0.25) is 5.91 Å². The summed E-state index contributed by atoms with van der Waals surface area (Å²) in [4.78, 5) is 10.7. The molecule has 12 heavy (non-hydrogen) atoms. The molecule has 1 heterocycles. The second-order valence-electron chi connectivity index (χ2n) is 3.06. The quantitative estimate of drug-likeness (QED) is 0.624. The lowest BCUT2D eigenvalue weighted by Crippen LogP contribution is -2.39. The predicted molar refractivity (Wildman–Crippen MR) is 48.1 cm³/mol. The molecule has 0 unspecified atom stereocenters. The Hall–Kier alpha value is -0.990. The fourth-order valence-corrected chi connectivity index (χ4v) is 1.20. The van der Waals surface area contributed by atoms with E-state index in [0.717, 1.165) is 12.1 Å². The molecule has 0 aromatic rings. The van der Waals surface area contributed by atoms with E-state index in [-0.39, 0.29) is 5.91 Å². The van der Waals surface area contributed by atoms with Crippen LogP contribution >= 0.6 is 0 Å². The van der Waals surface area contributed by atoms with Gasteiger partial charge in [0.15, 0.2) is 0 Å². The smallest absolute Gasteiger partial charge is 0.242 e. The Labute approximate surface area is 73.2 Å². The van der Waals surface area contributed by atoms with Crippen molar-refractivity contribution in [3.8, 4) is 0 Å². The van der Waals surface area contributed by atoms with Gasteiger partial charge < -0.3 is 5.43 Å². The highest BCUT2D eigenvalue weighted by atomic mass is 16.2. The van der Waals surface area contributed by atoms with Crippen LogP contribution in [0.25, 0.3) is 0 Å². The third-order valence-corrected chi connectivity index (χ3v) is 1.95. The van der Waals surface area contributed by atoms with Gasteiger partial charge in [-0.3, -0.25) is 10.2 Å². The first-order valence-electron chi connectivity index (χ1n) is 4.57. The SMILES string of the molecule is CCCCCC1=CCC(=O)NN1. The summed E-state index contributed by atoms with van der Waals surface area (Å²) < 4.78 is 0. The van der Waals surface area contributed by atoms with E-state index in [1.165, 1.54) is 19.3 Å². The summed E-state index contributed by atoms with van der Waals surface area (Å²) in [5, 5.41) is 0. The molecule has 1 aliphatic rings. The van der Waals surface area contributed by atoms with Crippen LogP contribution in [0.3, 0.4) is 0 Å². The van der Waals surface area contributed by atoms with Crippen molar-refractivity contribution in [3.05, 3.63) is 11.8 Å². The molecule has 1 rings (SSSR count). The number of allylic oxidation sites excluding steroid dienone is 1. The number of hydrogen-bond donors (Lipinski definition) is 2. The number of nitrogens with one attached hydrogen (secondary N) is 2. The first-order chi connectivity index (χ1) is 5.83. The van der Waals surface area contributed by atoms with Gasteiger partial charge in [-0.1, -0.05) is 25.8 Å². The number of carbonyl (C=O) groups is 1. The van der Waals surface area contributed by atoms with E-state index < -0.39 is 0 Å². The molecule has 3 nitrogen and oxygen atoms in total. The van der Waals surface area contributed by atoms with Crippen molar-refractivity contribution in [2.75, 3.05) is 0 Å². The van der Waals surface area contributed by atoms with Crippen LogP contribution in [0, 0.1) is 0 Å². The molecule has 0 spiro atoms. The topological polar surface area (TPSA) is 41.1 Å². The van der Waals surface area contributed by atoms with E-state index >= 15 is 0 Å². The van der Waals surface area contributed by atoms with E-state index in [1.807, 2.05) is 6.08 Å². The highest BCUT2D eigenvalue weighted by Gasteiger charge is 2.06. The predicted octanol–water partition coefficient (Wildman–Crippen LogP) is 1.48. The summed E-state index contributed by atoms with van der Waals surface area (Å²) >= 11 is 0. The van der Waals surface area contributed by atoms with E-state index in [2.05, 4.69) is 17.8 Å². The van der Waals surface area contributed by atoms with Crippen LogP contribution in [0.2, 0.25) is 0 Å². The highest BCUT2D eigenvalue weighted by molar-refractivity contribution is 5.78. The van der Waals surface area contributed by atoms with Crippen LogP contribution in [0.5, 0.6) is 0 Å². The molecule has 2 N–H and O–H groups in total. The van der Waals surface area contributed by atoms with Crippen molar-refractivity contribution in [1.29, 1.82) is 0 Å². The van der Waals surface area contributed by atoms with E-state index in [1.54, 1.807) is 0 Å². The Bertz CT molecular complexity index is 187. The molecule has 0 saturated carbocycles. The monoisotopic (exact) mass is 168 g/mol. The van der Waals surface area contributed by atoms with Crippen molar-refractivity contribution in [1.82, 2.24) is 10.9 Å². The van der Waals surface area contributed by atoms with E-state index in [0.29, 0.717) is 6.42 Å². The van der Waals surface area contributed by atoms with Crippen LogP contribution in [-0.2, 0) is 4.79 Å². The molecule has 0 bridgehead atoms. The van der Waals surface area contributed by atoms with Crippen LogP contribution in [0.15, 0.2) is 11.8 Å². The summed E-state index contributed by atoms with van der Waals surface area (Å²) in [5.41, 5.74) is 6.65. The summed E-state index contributed by atoms with van der Waals surface area (Å²) in [6.07, 6.45) is 7.23. The number of hydrogen-bond acceptors (Lipinski definition) is 2. The molecular weight excluding hydrogens is 152 g/mol. The molecule has 0 fully saturated rings. The molecule has 0 aliphatic carbocycles. The fourth-order valence-electron chi connectivity index (χ4n) is 1.20. The Morgan fingerprint density at radius 2 is 2.25 bits per heavy atom. The van der Waals surface area contributed by atoms with Crippen LogP contribution in [0.4, 0.5) is 0 Å². The largest absolute Gasteiger partial charge is 0.303 e. The maximum atomic E-state index is 10.7. The van der Waals surface area contributed by atoms with Crippen molar-refractivity contribution in [2.24, 2.45) is 0 Å². The van der Waals surface area contributed by atoms with Crippen LogP contribution in [0.1, 0.15) is 39.0 Å². The molecule has 0 aromatic heterocycles. The van der Waals surface area contributed by atoms with Crippen molar-refractivity contribution in [2.45, 2.75) is 39.0 Å². The summed E-state index contributed by atoms with van der Waals surface area (Å²) in [7, 11) is 0. The third kappa shape index (κ3) is 2.95. The Balaban J connectivity index is 2.19. The second kappa shape index (κ2) is 4.80. The highest BCUT2D eigenvalue weighted by Crippen LogP contribution is 2.08. The summed E-state index contributed by atoms with van der Waals surface area (Å²) in [6.45, 7) is 2.18. The number of unbranched alkanes of at least 4 members (excludes halogenated alkanes) is 2. The molecule has 68 valence electrons. The van der Waals surface area contributed by atoms with Crippen LogP contribution < -0.4 is 10.9 Å². The van der Waals surface area contributed by atoms with Gasteiger partial charge in [0.25, 0.3) is 0 Å². The van der Waals surface area contributed by atoms with Gasteiger partial charge in [-0.25, -0.2) is 0 Å². The van der Waals surface area contributed by atoms with Crippen molar-refractivity contribution < 1.29 is 4.79 Å². The lowest BCUT2D eigenvalue weighted by atomic mass is 10.1. The zero-order chi connectivity index (χ0) is 8.81. The van der Waals surface area contributed by atoms with E-state index in [4.69, 9.17) is 0 Å². The normalized spacial score (nSPS) is 16.4. The van der Waals surface area contributed by atoms with Gasteiger partial charge in [0.05, 0.1) is 0 Å². The molecule has 1 amide bonds. The maximum Gasteiger partial charge on any atom is 0.242 e. The number of amides is 1. The molecule has 0 radical (unpaired) electrons. The average Bonchev–Trinajstić information content (AvgIpc) is 2.09.